The van der Waals surface area contributed by atoms with E-state index in [0.717, 1.165) is 5.56 Å². The first-order chi connectivity index (χ1) is 6.16. The number of hydrogen-bond acceptors (Lipinski definition) is 1. The Morgan fingerprint density at radius 1 is 1.38 bits per heavy atom. The highest BCUT2D eigenvalue weighted by atomic mass is 16.1. The molecule has 0 saturated carbocycles. The number of rotatable bonds is 2. The predicted octanol–water partition coefficient (Wildman–Crippen LogP) is 1.84. The lowest BCUT2D eigenvalue weighted by Gasteiger charge is -2.12. The zero-order chi connectivity index (χ0) is 9.84. The van der Waals surface area contributed by atoms with Gasteiger partial charge in [-0.1, -0.05) is 24.3 Å². The maximum atomic E-state index is 11.4. The molecule has 0 unspecified atom stereocenters. The minimum atomic E-state index is -0.0637. The fraction of sp³-hybridized carbons (Fsp3) is 0.364. The number of likely N-dealkylation sites (N-methyl/N-ethyl adjacent to an activating group) is 1. The predicted molar refractivity (Wildman–Crippen MR) is 53.7 cm³/mol. The SMILES string of the molecule is CNC(=O)[C@@H](C)c1ccccc1C. The van der Waals surface area contributed by atoms with Crippen LogP contribution in [0.15, 0.2) is 24.3 Å². The van der Waals surface area contributed by atoms with Gasteiger partial charge in [0.1, 0.15) is 0 Å². The number of amides is 1. The fourth-order valence-electron chi connectivity index (χ4n) is 1.43. The van der Waals surface area contributed by atoms with Crippen LogP contribution in [0.1, 0.15) is 24.0 Å². The van der Waals surface area contributed by atoms with E-state index in [4.69, 9.17) is 0 Å². The number of nitrogens with one attached hydrogen (secondary N) is 1. The van der Waals surface area contributed by atoms with Crippen molar-refractivity contribution in [3.05, 3.63) is 35.4 Å². The van der Waals surface area contributed by atoms with Gasteiger partial charge in [0.2, 0.25) is 5.91 Å². The van der Waals surface area contributed by atoms with Gasteiger partial charge < -0.3 is 5.32 Å². The lowest BCUT2D eigenvalue weighted by molar-refractivity contribution is -0.121. The minimum Gasteiger partial charge on any atom is -0.359 e. The van der Waals surface area contributed by atoms with Gasteiger partial charge in [-0.25, -0.2) is 0 Å². The molecule has 0 saturated heterocycles. The standard InChI is InChI=1S/C11H15NO/c1-8-6-4-5-7-10(8)9(2)11(13)12-3/h4-7,9H,1-3H3,(H,12,13)/t9-/m0/s1. The summed E-state index contributed by atoms with van der Waals surface area (Å²) in [7, 11) is 1.66. The van der Waals surface area contributed by atoms with Crippen LogP contribution < -0.4 is 5.32 Å². The maximum absolute atomic E-state index is 11.4. The first kappa shape index (κ1) is 9.78. The van der Waals surface area contributed by atoms with Crippen molar-refractivity contribution in [1.29, 1.82) is 0 Å². The first-order valence-corrected chi connectivity index (χ1v) is 4.44. The van der Waals surface area contributed by atoms with Crippen molar-refractivity contribution in [1.82, 2.24) is 5.32 Å². The van der Waals surface area contributed by atoms with Crippen LogP contribution >= 0.6 is 0 Å². The molecule has 0 aliphatic carbocycles. The number of carbonyl (C=O) groups is 1. The van der Waals surface area contributed by atoms with Gasteiger partial charge in [-0.2, -0.15) is 0 Å². The summed E-state index contributed by atoms with van der Waals surface area (Å²) in [5.41, 5.74) is 2.26. The molecule has 0 radical (unpaired) electrons. The van der Waals surface area contributed by atoms with Crippen molar-refractivity contribution in [2.75, 3.05) is 7.05 Å². The Kier molecular flexibility index (Phi) is 3.07. The Hall–Kier alpha value is -1.31. The third kappa shape index (κ3) is 2.08. The molecular formula is C11H15NO. The molecule has 0 bridgehead atoms. The largest absolute Gasteiger partial charge is 0.359 e. The topological polar surface area (TPSA) is 29.1 Å². The van der Waals surface area contributed by atoms with E-state index in [-0.39, 0.29) is 11.8 Å². The smallest absolute Gasteiger partial charge is 0.227 e. The van der Waals surface area contributed by atoms with Crippen LogP contribution in [0.25, 0.3) is 0 Å². The van der Waals surface area contributed by atoms with Crippen LogP contribution in [0.3, 0.4) is 0 Å². The normalized spacial score (nSPS) is 12.2. The molecule has 0 aromatic heterocycles. The van der Waals surface area contributed by atoms with Crippen molar-refractivity contribution in [2.24, 2.45) is 0 Å². The molecule has 1 amide bonds. The Balaban J connectivity index is 2.95. The molecule has 0 heterocycles. The zero-order valence-corrected chi connectivity index (χ0v) is 8.29. The fourth-order valence-corrected chi connectivity index (χ4v) is 1.43. The molecule has 0 aliphatic rings. The molecule has 0 fully saturated rings. The Morgan fingerprint density at radius 2 is 2.00 bits per heavy atom. The molecule has 0 aliphatic heterocycles. The molecular weight excluding hydrogens is 162 g/mol. The van der Waals surface area contributed by atoms with Gasteiger partial charge in [0.25, 0.3) is 0 Å². The molecule has 70 valence electrons. The van der Waals surface area contributed by atoms with E-state index >= 15 is 0 Å². The average molecular weight is 177 g/mol. The highest BCUT2D eigenvalue weighted by Crippen LogP contribution is 2.18. The van der Waals surface area contributed by atoms with Crippen molar-refractivity contribution < 1.29 is 4.79 Å². The van der Waals surface area contributed by atoms with Gasteiger partial charge in [0.05, 0.1) is 5.92 Å². The second kappa shape index (κ2) is 4.08. The van der Waals surface area contributed by atoms with E-state index in [9.17, 15) is 4.79 Å². The van der Waals surface area contributed by atoms with Gasteiger partial charge in [-0.15, -0.1) is 0 Å². The maximum Gasteiger partial charge on any atom is 0.227 e. The van der Waals surface area contributed by atoms with E-state index < -0.39 is 0 Å². The number of hydrogen-bond donors (Lipinski definition) is 1. The van der Waals surface area contributed by atoms with Crippen LogP contribution in [-0.4, -0.2) is 13.0 Å². The van der Waals surface area contributed by atoms with Crippen LogP contribution in [0, 0.1) is 6.92 Å². The summed E-state index contributed by atoms with van der Waals surface area (Å²) in [5.74, 6) is 0.000463. The van der Waals surface area contributed by atoms with Crippen LogP contribution in [0.5, 0.6) is 0 Å². The Labute approximate surface area is 79.0 Å². The highest BCUT2D eigenvalue weighted by molar-refractivity contribution is 5.83. The summed E-state index contributed by atoms with van der Waals surface area (Å²) in [5, 5.41) is 2.65. The van der Waals surface area contributed by atoms with Crippen LogP contribution in [0.2, 0.25) is 0 Å². The minimum absolute atomic E-state index is 0.0637. The van der Waals surface area contributed by atoms with E-state index in [2.05, 4.69) is 5.32 Å². The molecule has 1 aromatic rings. The van der Waals surface area contributed by atoms with E-state index in [1.54, 1.807) is 7.05 Å². The van der Waals surface area contributed by atoms with E-state index in [0.29, 0.717) is 0 Å². The number of carbonyl (C=O) groups excluding carboxylic acids is 1. The average Bonchev–Trinajstić information content (AvgIpc) is 2.16. The summed E-state index contributed by atoms with van der Waals surface area (Å²) in [4.78, 5) is 11.4. The summed E-state index contributed by atoms with van der Waals surface area (Å²) >= 11 is 0. The van der Waals surface area contributed by atoms with Crippen LogP contribution in [-0.2, 0) is 4.79 Å². The molecule has 2 heteroatoms. The van der Waals surface area contributed by atoms with Crippen molar-refractivity contribution in [3.8, 4) is 0 Å². The van der Waals surface area contributed by atoms with Crippen molar-refractivity contribution in [3.63, 3.8) is 0 Å². The highest BCUT2D eigenvalue weighted by Gasteiger charge is 2.14. The lowest BCUT2D eigenvalue weighted by atomic mass is 9.96. The molecule has 0 spiro atoms. The monoisotopic (exact) mass is 177 g/mol. The summed E-state index contributed by atoms with van der Waals surface area (Å²) in [6.07, 6.45) is 0. The molecule has 2 nitrogen and oxygen atoms in total. The summed E-state index contributed by atoms with van der Waals surface area (Å²) in [6, 6.07) is 7.96. The summed E-state index contributed by atoms with van der Waals surface area (Å²) < 4.78 is 0. The molecule has 1 rings (SSSR count). The summed E-state index contributed by atoms with van der Waals surface area (Å²) in [6.45, 7) is 3.94. The Bertz CT molecular complexity index is 307. The van der Waals surface area contributed by atoms with Gasteiger partial charge in [0, 0.05) is 7.05 Å². The Morgan fingerprint density at radius 3 is 2.54 bits per heavy atom. The quantitative estimate of drug-likeness (QED) is 0.733. The second-order valence-electron chi connectivity index (χ2n) is 3.19. The van der Waals surface area contributed by atoms with E-state index in [1.165, 1.54) is 5.56 Å². The van der Waals surface area contributed by atoms with Gasteiger partial charge in [-0.3, -0.25) is 4.79 Å². The third-order valence-electron chi connectivity index (χ3n) is 2.29. The van der Waals surface area contributed by atoms with Gasteiger partial charge >= 0.3 is 0 Å². The number of benzene rings is 1. The number of aryl methyl sites for hydroxylation is 1. The van der Waals surface area contributed by atoms with Gasteiger partial charge in [-0.05, 0) is 25.0 Å². The van der Waals surface area contributed by atoms with Crippen molar-refractivity contribution in [2.45, 2.75) is 19.8 Å². The van der Waals surface area contributed by atoms with E-state index in [1.807, 2.05) is 38.1 Å². The molecule has 1 aromatic carbocycles. The first-order valence-electron chi connectivity index (χ1n) is 4.44. The van der Waals surface area contributed by atoms with Gasteiger partial charge in [0.15, 0.2) is 0 Å². The molecule has 1 N–H and O–H groups in total. The second-order valence-corrected chi connectivity index (χ2v) is 3.19. The zero-order valence-electron chi connectivity index (χ0n) is 8.29. The lowest BCUT2D eigenvalue weighted by Crippen LogP contribution is -2.24. The molecule has 1 atom stereocenters. The van der Waals surface area contributed by atoms with Crippen LogP contribution in [0.4, 0.5) is 0 Å². The van der Waals surface area contributed by atoms with Crippen molar-refractivity contribution >= 4 is 5.91 Å². The third-order valence-corrected chi connectivity index (χ3v) is 2.29. The molecule has 13 heavy (non-hydrogen) atoms.